The van der Waals surface area contributed by atoms with Gasteiger partial charge in [0.1, 0.15) is 0 Å². The second-order valence-electron chi connectivity index (χ2n) is 21.3. The van der Waals surface area contributed by atoms with Gasteiger partial charge < -0.3 is 108 Å². The minimum atomic E-state index is -1.90. The van der Waals surface area contributed by atoms with Gasteiger partial charge in [-0.3, -0.25) is 43.2 Å². The lowest BCUT2D eigenvalue weighted by molar-refractivity contribution is -0.126. The molecule has 0 spiro atoms. The Labute approximate surface area is 655 Å². The summed E-state index contributed by atoms with van der Waals surface area (Å²) in [7, 11) is 4.03. The van der Waals surface area contributed by atoms with Crippen molar-refractivity contribution in [1.29, 1.82) is 0 Å². The molecule has 1 aliphatic carbocycles. The van der Waals surface area contributed by atoms with Gasteiger partial charge in [0.15, 0.2) is 18.3 Å². The van der Waals surface area contributed by atoms with Crippen molar-refractivity contribution in [2.75, 3.05) is 116 Å². The van der Waals surface area contributed by atoms with Crippen LogP contribution >= 0.6 is 203 Å². The second kappa shape index (κ2) is 39.3. The fraction of sp³-hybridized carbons (Fsp3) is 0.500. The number of benzene rings is 3. The Balaban J connectivity index is 1.87. The minimum absolute atomic E-state index is 0.0691. The first kappa shape index (κ1) is 84.4. The van der Waals surface area contributed by atoms with E-state index in [1.165, 1.54) is 21.1 Å². The lowest BCUT2D eigenvalue weighted by atomic mass is 9.75. The van der Waals surface area contributed by atoms with E-state index in [0.717, 1.165) is 14.7 Å². The number of aliphatic hydroxyl groups excluding tert-OH is 12. The van der Waals surface area contributed by atoms with E-state index < -0.39 is 147 Å². The van der Waals surface area contributed by atoms with Crippen LogP contribution in [0.15, 0.2) is 0 Å². The van der Waals surface area contributed by atoms with E-state index in [-0.39, 0.29) is 141 Å². The van der Waals surface area contributed by atoms with Crippen LogP contribution in [-0.4, -0.2) is 266 Å². The van der Waals surface area contributed by atoms with Crippen LogP contribution in [0.5, 0.6) is 0 Å². The van der Waals surface area contributed by atoms with Gasteiger partial charge in [0, 0.05) is 71.1 Å². The van der Waals surface area contributed by atoms with Crippen LogP contribution in [0.25, 0.3) is 0 Å². The van der Waals surface area contributed by atoms with Crippen molar-refractivity contribution in [2.24, 2.45) is 17.8 Å². The molecular weight excluding hydrogens is 2250 g/mol. The average molecular weight is 2320 g/mol. The van der Waals surface area contributed by atoms with Gasteiger partial charge in [-0.15, -0.1) is 0 Å². The van der Waals surface area contributed by atoms with E-state index in [0.29, 0.717) is 0 Å². The zero-order chi connectivity index (χ0) is 70.4. The first-order chi connectivity index (χ1) is 43.6. The molecular formula is C54H66I9N9O21. The van der Waals surface area contributed by atoms with E-state index in [1.54, 1.807) is 203 Å². The van der Waals surface area contributed by atoms with E-state index in [9.17, 15) is 104 Å². The number of aliphatic hydroxyl groups is 12. The molecule has 0 aliphatic heterocycles. The Morgan fingerprint density at radius 2 is 0.559 bits per heavy atom. The minimum Gasteiger partial charge on any atom is -0.394 e. The third-order valence-corrected chi connectivity index (χ3v) is 23.9. The zero-order valence-electron chi connectivity index (χ0n) is 49.1. The summed E-state index contributed by atoms with van der Waals surface area (Å²) in [4.78, 5) is 129. The van der Waals surface area contributed by atoms with Crippen molar-refractivity contribution in [1.82, 2.24) is 30.7 Å². The van der Waals surface area contributed by atoms with E-state index in [1.807, 2.05) is 0 Å². The summed E-state index contributed by atoms with van der Waals surface area (Å²) < 4.78 is 1.07. The predicted octanol–water partition coefficient (Wildman–Crippen LogP) is -0.0990. The largest absolute Gasteiger partial charge is 0.394 e. The Morgan fingerprint density at radius 3 is 0.753 bits per heavy atom. The van der Waals surface area contributed by atoms with E-state index >= 15 is 0 Å². The van der Waals surface area contributed by atoms with E-state index in [4.69, 9.17) is 0 Å². The molecule has 0 heterocycles. The normalized spacial score (nSPS) is 16.6. The molecule has 4 rings (SSSR count). The molecule has 18 N–H and O–H groups in total. The number of hydrogen-bond acceptors (Lipinski definition) is 21. The molecule has 6 atom stereocenters. The van der Waals surface area contributed by atoms with Gasteiger partial charge in [0.25, 0.3) is 53.2 Å². The number of hydrogen-bond donors (Lipinski definition) is 18. The third kappa shape index (κ3) is 21.8. The van der Waals surface area contributed by atoms with Crippen LogP contribution in [0.4, 0.5) is 17.1 Å². The summed E-state index contributed by atoms with van der Waals surface area (Å²) in [6.07, 6.45) is -8.88. The van der Waals surface area contributed by atoms with Gasteiger partial charge in [0.05, 0.1) is 130 Å². The number of carbonyl (C=O) groups excluding carboxylic acids is 9. The summed E-state index contributed by atoms with van der Waals surface area (Å²) in [6.45, 7) is -6.26. The number of amides is 9. The molecule has 1 fully saturated rings. The Bertz CT molecular complexity index is 2980. The smallest absolute Gasteiger partial charge is 0.255 e. The van der Waals surface area contributed by atoms with Crippen LogP contribution in [0.1, 0.15) is 81.4 Å². The summed E-state index contributed by atoms with van der Waals surface area (Å²) in [6, 6.07) is 0. The first-order valence-electron chi connectivity index (χ1n) is 27.5. The maximum absolute atomic E-state index is 14.7. The molecule has 1 saturated carbocycles. The zero-order valence-corrected chi connectivity index (χ0v) is 68.5. The summed E-state index contributed by atoms with van der Waals surface area (Å²) in [5.41, 5.74) is -0.772. The van der Waals surface area contributed by atoms with Crippen LogP contribution in [0.2, 0.25) is 0 Å². The number of carbonyl (C=O) groups is 9. The second-order valence-corrected chi connectivity index (χ2v) is 31.0. The Hall–Kier alpha value is -1.02. The molecule has 0 saturated heterocycles. The van der Waals surface area contributed by atoms with Crippen molar-refractivity contribution < 1.29 is 104 Å². The molecule has 9 amide bonds. The van der Waals surface area contributed by atoms with Crippen LogP contribution < -0.4 is 31.9 Å². The average Bonchev–Trinajstić information content (AvgIpc) is 0.790. The monoisotopic (exact) mass is 2320 g/mol. The third-order valence-electron chi connectivity index (χ3n) is 14.2. The van der Waals surface area contributed by atoms with Crippen molar-refractivity contribution in [3.63, 3.8) is 0 Å². The van der Waals surface area contributed by atoms with E-state index in [2.05, 4.69) is 31.9 Å². The highest BCUT2D eigenvalue weighted by atomic mass is 127. The molecule has 39 heteroatoms. The van der Waals surface area contributed by atoms with Gasteiger partial charge >= 0.3 is 0 Å². The molecule has 3 aromatic rings. The van der Waals surface area contributed by atoms with Crippen molar-refractivity contribution >= 4 is 274 Å². The Morgan fingerprint density at radius 1 is 0.355 bits per heavy atom. The topological polar surface area (TPSA) is 478 Å². The van der Waals surface area contributed by atoms with Crippen molar-refractivity contribution in [2.45, 2.75) is 55.9 Å². The predicted molar refractivity (Wildman–Crippen MR) is 410 cm³/mol. The molecule has 30 nitrogen and oxygen atoms in total. The SMILES string of the molecule is CN(CC(O)CO)C(=O)c1c(I)c(NC(=O)C(O)CO)c(I)c(C(=O)NCC2CC(CNC(=O)c3c(I)c(NC(=O)C(O)CO)c(I)c(C(=O)N(C)CC(O)CO)c3I)CC(CNC(=O)c3c(I)c(NC(=O)C(O)CO)c(I)c(C(=O)N(C)CC(O)CO)c3I)C2)c1I. The van der Waals surface area contributed by atoms with Crippen LogP contribution in [0.3, 0.4) is 0 Å². The maximum atomic E-state index is 14.7. The van der Waals surface area contributed by atoms with Crippen LogP contribution in [0, 0.1) is 49.9 Å². The lowest BCUT2D eigenvalue weighted by Gasteiger charge is -2.35. The number of nitrogens with one attached hydrogen (secondary N) is 6. The molecule has 3 aromatic carbocycles. The van der Waals surface area contributed by atoms with Gasteiger partial charge in [0.2, 0.25) is 0 Å². The fourth-order valence-corrected chi connectivity index (χ4v) is 22.6. The maximum Gasteiger partial charge on any atom is 0.255 e. The molecule has 0 aromatic heterocycles. The first-order valence-corrected chi connectivity index (χ1v) is 37.2. The highest BCUT2D eigenvalue weighted by Gasteiger charge is 2.38. The van der Waals surface area contributed by atoms with Gasteiger partial charge in [-0.05, 0) is 240 Å². The summed E-state index contributed by atoms with van der Waals surface area (Å²) in [5.74, 6) is -9.05. The Kier molecular flexibility index (Phi) is 35.6. The summed E-state index contributed by atoms with van der Waals surface area (Å²) in [5, 5.41) is 135. The number of nitrogens with zero attached hydrogens (tertiary/aromatic N) is 3. The van der Waals surface area contributed by atoms with Gasteiger partial charge in [-0.1, -0.05) is 0 Å². The molecule has 1 aliphatic rings. The van der Waals surface area contributed by atoms with Crippen LogP contribution in [-0.2, 0) is 14.4 Å². The quantitative estimate of drug-likeness (QED) is 0.0388. The van der Waals surface area contributed by atoms with Gasteiger partial charge in [-0.25, -0.2) is 0 Å². The molecule has 0 bridgehead atoms. The summed E-state index contributed by atoms with van der Waals surface area (Å²) >= 11 is 16.1. The standard InChI is InChI=1S/C54H66I9N9O21/c1-70(10-22(79)13-73)52(91)31-34(55)28(37(58)43(40(31)61)67-46(85)25(82)16-76)49(88)64-7-19-4-20(8-65-50(89)29-35(56)32(53(92)71(2)11-23(80)14-74)41(62)44(38(29)59)68-47(86)26(83)17-77)6-21(5-19)9-66-51(90)30-36(57)33(54(93)72(3)12-24(81)15-75)42(63)45(39(30)60)69-48(87)27(84)18-78/h19-27,73-84H,4-18H2,1-3H3,(H,64,88)(H,65,89)(H,66,90)(H,67,85)(H,68,86)(H,69,87). The molecule has 516 valence electrons. The van der Waals surface area contributed by atoms with Crippen molar-refractivity contribution in [3.05, 3.63) is 65.5 Å². The molecule has 6 unspecified atom stereocenters. The highest BCUT2D eigenvalue weighted by Crippen LogP contribution is 2.41. The number of halogens is 9. The lowest BCUT2D eigenvalue weighted by Crippen LogP contribution is -2.42. The number of likely N-dealkylation sites (N-methyl/N-ethyl adjacent to an activating group) is 3. The van der Waals surface area contributed by atoms with Gasteiger partial charge in [-0.2, -0.15) is 0 Å². The highest BCUT2D eigenvalue weighted by molar-refractivity contribution is 14.1. The fourth-order valence-electron chi connectivity index (χ4n) is 9.47. The number of rotatable bonds is 30. The molecule has 0 radical (unpaired) electrons. The molecule has 93 heavy (non-hydrogen) atoms. The van der Waals surface area contributed by atoms with Crippen molar-refractivity contribution in [3.8, 4) is 0 Å². The number of anilines is 3.